The van der Waals surface area contributed by atoms with Gasteiger partial charge in [-0.25, -0.2) is 0 Å². The molecule has 2 heteroatoms. The molecule has 0 spiro atoms. The zero-order valence-electron chi connectivity index (χ0n) is 43.1. The highest BCUT2D eigenvalue weighted by Crippen LogP contribution is 2.57. The summed E-state index contributed by atoms with van der Waals surface area (Å²) in [7, 11) is 0. The first-order chi connectivity index (χ1) is 37.2. The van der Waals surface area contributed by atoms with E-state index in [1.165, 1.54) is 144 Å². The highest BCUT2D eigenvalue weighted by atomic mass is 15.0. The third-order valence-electron chi connectivity index (χ3n) is 17.1. The van der Waals surface area contributed by atoms with Crippen LogP contribution in [0.1, 0.15) is 61.1 Å². The van der Waals surface area contributed by atoms with Crippen molar-refractivity contribution in [2.75, 3.05) is 0 Å². The summed E-state index contributed by atoms with van der Waals surface area (Å²) in [5.41, 5.74) is 27.8. The van der Waals surface area contributed by atoms with Crippen LogP contribution in [0.4, 0.5) is 0 Å². The van der Waals surface area contributed by atoms with Crippen molar-refractivity contribution < 1.29 is 0 Å². The second-order valence-corrected chi connectivity index (χ2v) is 22.1. The fourth-order valence-corrected chi connectivity index (χ4v) is 13.1. The zero-order chi connectivity index (χ0) is 50.9. The van der Waals surface area contributed by atoms with Gasteiger partial charge in [-0.3, -0.25) is 0 Å². The van der Waals surface area contributed by atoms with Crippen LogP contribution in [0.5, 0.6) is 0 Å². The van der Waals surface area contributed by atoms with Crippen LogP contribution in [0.2, 0.25) is 0 Å². The highest BCUT2D eigenvalue weighted by molar-refractivity contribution is 6.12. The maximum atomic E-state index is 2.53. The summed E-state index contributed by atoms with van der Waals surface area (Å²) in [5, 5.41) is 5.08. The van der Waals surface area contributed by atoms with Gasteiger partial charge >= 0.3 is 0 Å². The number of para-hydroxylation sites is 4. The van der Waals surface area contributed by atoms with E-state index in [-0.39, 0.29) is 10.8 Å². The Morgan fingerprint density at radius 2 is 0.592 bits per heavy atom. The fraction of sp³-hybridized carbons (Fsp3) is 0.0811. The highest BCUT2D eigenvalue weighted by Gasteiger charge is 2.42. The third-order valence-corrected chi connectivity index (χ3v) is 17.1. The van der Waals surface area contributed by atoms with E-state index in [1.54, 1.807) is 0 Å². The van der Waals surface area contributed by atoms with Gasteiger partial charge in [-0.1, -0.05) is 198 Å². The summed E-state index contributed by atoms with van der Waals surface area (Å²) in [4.78, 5) is 0. The standard InChI is InChI=1S/C74H54N2/c1-73(2)65-43-53(50-31-27-48(28-32-50)24-23-47-25-29-49(30-26-47)51-35-39-71-63(41-51)59-19-11-13-21-69(59)75(71)55-15-7-5-8-16-55)33-37-57(65)61-45-68-62(46-67(61)73)58-38-34-54(44-66(58)74(68,3)4)52-36-40-72-64(42-52)60-20-12-14-22-70(60)76(72)56-17-9-6-10-18-56/h5-46H,1-4H3/b24-23+. The van der Waals surface area contributed by atoms with Gasteiger partial charge < -0.3 is 9.13 Å². The maximum Gasteiger partial charge on any atom is 0.0541 e. The monoisotopic (exact) mass is 970 g/mol. The molecular weight excluding hydrogens is 917 g/mol. The van der Waals surface area contributed by atoms with E-state index in [0.717, 1.165) is 0 Å². The molecule has 13 aromatic rings. The zero-order valence-corrected chi connectivity index (χ0v) is 43.1. The van der Waals surface area contributed by atoms with E-state index in [2.05, 4.69) is 292 Å². The molecule has 2 heterocycles. The van der Waals surface area contributed by atoms with Gasteiger partial charge in [0.25, 0.3) is 0 Å². The Bertz CT molecular complexity index is 4520. The number of hydrogen-bond acceptors (Lipinski definition) is 0. The van der Waals surface area contributed by atoms with Crippen LogP contribution >= 0.6 is 0 Å². The summed E-state index contributed by atoms with van der Waals surface area (Å²) in [6.45, 7) is 9.65. The smallest absolute Gasteiger partial charge is 0.0541 e. The second kappa shape index (κ2) is 16.6. The molecule has 0 amide bonds. The van der Waals surface area contributed by atoms with E-state index in [4.69, 9.17) is 0 Å². The van der Waals surface area contributed by atoms with Crippen LogP contribution < -0.4 is 0 Å². The Balaban J connectivity index is 0.678. The fourth-order valence-electron chi connectivity index (χ4n) is 13.1. The SMILES string of the molecule is CC1(C)c2cc(-c3ccc(/C=C/c4ccc(-c5ccc6c(c5)c5ccccc5n6-c5ccccc5)cc4)cc3)ccc2-c2cc3c(cc21)-c1ccc(-c2ccc4c(c2)c2ccccc2n4-c2ccccc2)cc1C3(C)C. The Hall–Kier alpha value is -9.24. The molecule has 360 valence electrons. The lowest BCUT2D eigenvalue weighted by molar-refractivity contribution is 0.652. The van der Waals surface area contributed by atoms with Crippen molar-refractivity contribution in [2.24, 2.45) is 0 Å². The molecule has 0 saturated carbocycles. The second-order valence-electron chi connectivity index (χ2n) is 22.1. The van der Waals surface area contributed by atoms with E-state index < -0.39 is 0 Å². The predicted octanol–water partition coefficient (Wildman–Crippen LogP) is 19.7. The number of rotatable bonds is 7. The van der Waals surface area contributed by atoms with Crippen LogP contribution in [0.15, 0.2) is 243 Å². The van der Waals surface area contributed by atoms with Crippen LogP contribution in [-0.2, 0) is 10.8 Å². The van der Waals surface area contributed by atoms with Gasteiger partial charge in [-0.2, -0.15) is 0 Å². The Morgan fingerprint density at radius 1 is 0.263 bits per heavy atom. The summed E-state index contributed by atoms with van der Waals surface area (Å²) in [5.74, 6) is 0. The first kappa shape index (κ1) is 44.3. The minimum absolute atomic E-state index is 0.148. The Kier molecular flexibility index (Phi) is 9.69. The Morgan fingerprint density at radius 3 is 1.04 bits per heavy atom. The molecule has 0 unspecified atom stereocenters. The van der Waals surface area contributed by atoms with Gasteiger partial charge in [0.1, 0.15) is 0 Å². The summed E-state index contributed by atoms with van der Waals surface area (Å²) < 4.78 is 4.76. The lowest BCUT2D eigenvalue weighted by Crippen LogP contribution is -2.17. The summed E-state index contributed by atoms with van der Waals surface area (Å²) in [6.07, 6.45) is 4.44. The van der Waals surface area contributed by atoms with Crippen molar-refractivity contribution in [3.8, 4) is 67.0 Å². The lowest BCUT2D eigenvalue weighted by Gasteiger charge is -2.24. The van der Waals surface area contributed by atoms with E-state index in [0.29, 0.717) is 0 Å². The van der Waals surface area contributed by atoms with Crippen molar-refractivity contribution in [2.45, 2.75) is 38.5 Å². The summed E-state index contributed by atoms with van der Waals surface area (Å²) >= 11 is 0. The van der Waals surface area contributed by atoms with Gasteiger partial charge in [0, 0.05) is 43.7 Å². The lowest BCUT2D eigenvalue weighted by atomic mass is 9.79. The number of nitrogens with zero attached hydrogens (tertiary/aromatic N) is 2. The molecule has 2 nitrogen and oxygen atoms in total. The average molecular weight is 971 g/mol. The molecule has 0 radical (unpaired) electrons. The molecular formula is C74H54N2. The van der Waals surface area contributed by atoms with Crippen LogP contribution in [-0.4, -0.2) is 9.13 Å². The number of benzene rings is 11. The molecule has 0 saturated heterocycles. The van der Waals surface area contributed by atoms with Gasteiger partial charge in [-0.05, 0) is 174 Å². The minimum Gasteiger partial charge on any atom is -0.309 e. The van der Waals surface area contributed by atoms with Crippen molar-refractivity contribution >= 4 is 55.8 Å². The van der Waals surface area contributed by atoms with Crippen molar-refractivity contribution in [3.63, 3.8) is 0 Å². The minimum atomic E-state index is -0.154. The molecule has 0 fully saturated rings. The van der Waals surface area contributed by atoms with Gasteiger partial charge in [-0.15, -0.1) is 0 Å². The number of fused-ring (bicyclic) bond motifs is 12. The molecule has 2 aliphatic carbocycles. The molecule has 11 aromatic carbocycles. The molecule has 0 atom stereocenters. The quantitative estimate of drug-likeness (QED) is 0.141. The predicted molar refractivity (Wildman–Crippen MR) is 322 cm³/mol. The van der Waals surface area contributed by atoms with Gasteiger partial charge in [0.15, 0.2) is 0 Å². The van der Waals surface area contributed by atoms with Gasteiger partial charge in [0.2, 0.25) is 0 Å². The topological polar surface area (TPSA) is 9.86 Å². The van der Waals surface area contributed by atoms with Crippen LogP contribution in [0.3, 0.4) is 0 Å². The normalized spacial score (nSPS) is 13.9. The molecule has 2 aromatic heterocycles. The van der Waals surface area contributed by atoms with Crippen molar-refractivity contribution in [1.82, 2.24) is 9.13 Å². The number of hydrogen-bond donors (Lipinski definition) is 0. The van der Waals surface area contributed by atoms with Gasteiger partial charge in [0.05, 0.1) is 22.1 Å². The molecule has 0 aliphatic heterocycles. The van der Waals surface area contributed by atoms with Crippen LogP contribution in [0, 0.1) is 0 Å². The van der Waals surface area contributed by atoms with Crippen molar-refractivity contribution in [3.05, 3.63) is 276 Å². The third kappa shape index (κ3) is 6.73. The molecule has 2 aliphatic rings. The molecule has 76 heavy (non-hydrogen) atoms. The van der Waals surface area contributed by atoms with Crippen LogP contribution in [0.25, 0.3) is 123 Å². The van der Waals surface area contributed by atoms with E-state index >= 15 is 0 Å². The maximum absolute atomic E-state index is 2.53. The first-order valence-corrected chi connectivity index (χ1v) is 26.7. The largest absolute Gasteiger partial charge is 0.309 e. The molecule has 15 rings (SSSR count). The average Bonchev–Trinajstić information content (AvgIpc) is 4.27. The first-order valence-electron chi connectivity index (χ1n) is 26.7. The summed E-state index contributed by atoms with van der Waals surface area (Å²) in [6, 6.07) is 90.1. The molecule has 0 bridgehead atoms. The number of aromatic nitrogens is 2. The molecule has 0 N–H and O–H groups in total. The Labute approximate surface area is 444 Å². The van der Waals surface area contributed by atoms with E-state index in [9.17, 15) is 0 Å². The van der Waals surface area contributed by atoms with E-state index in [1.807, 2.05) is 0 Å². The van der Waals surface area contributed by atoms with Crippen molar-refractivity contribution in [1.29, 1.82) is 0 Å².